The topological polar surface area (TPSA) is 74.6 Å². The highest BCUT2D eigenvalue weighted by Gasteiger charge is 2.26. The molecule has 0 unspecified atom stereocenters. The summed E-state index contributed by atoms with van der Waals surface area (Å²) in [5.41, 5.74) is 1.58. The zero-order valence-electron chi connectivity index (χ0n) is 9.84. The Morgan fingerprint density at radius 1 is 0.750 bits per heavy atom. The molecule has 1 aromatic carbocycles. The molecular weight excluding hydrogens is 528 g/mol. The molecule has 1 rings (SSSR count). The van der Waals surface area contributed by atoms with Crippen molar-refractivity contribution in [1.82, 2.24) is 0 Å². The number of alkyl halides is 4. The Bertz CT molecular complexity index is 446. The van der Waals surface area contributed by atoms with Gasteiger partial charge < -0.3 is 10.2 Å². The molecule has 4 nitrogen and oxygen atoms in total. The summed E-state index contributed by atoms with van der Waals surface area (Å²) >= 11 is 12.8. The zero-order valence-corrected chi connectivity index (χ0v) is 16.2. The number of hydrogen-bond acceptors (Lipinski definition) is 2. The van der Waals surface area contributed by atoms with E-state index in [1.54, 1.807) is 24.3 Å². The summed E-state index contributed by atoms with van der Waals surface area (Å²) in [5.74, 6) is -1.92. The van der Waals surface area contributed by atoms with Gasteiger partial charge in [-0.3, -0.25) is 9.59 Å². The van der Waals surface area contributed by atoms with E-state index < -0.39 is 21.6 Å². The molecule has 1 aromatic rings. The third-order valence-corrected chi connectivity index (χ3v) is 7.93. The van der Waals surface area contributed by atoms with E-state index in [4.69, 9.17) is 10.2 Å². The van der Waals surface area contributed by atoms with Crippen LogP contribution in [0.1, 0.15) is 20.8 Å². The standard InChI is InChI=1S/C12H10Br4O4/c13-7(9(15)11(17)18)5-1-2-6(4-3-5)8(14)10(16)12(19)20/h1-4,7-10H,(H,17,18)(H,19,20)/t7-,8-,9-,10-/m0/s1. The average molecular weight is 538 g/mol. The van der Waals surface area contributed by atoms with E-state index in [-0.39, 0.29) is 9.65 Å². The van der Waals surface area contributed by atoms with Gasteiger partial charge in [0.05, 0.1) is 9.65 Å². The quantitative estimate of drug-likeness (QED) is 0.532. The van der Waals surface area contributed by atoms with Gasteiger partial charge in [0.2, 0.25) is 0 Å². The van der Waals surface area contributed by atoms with Crippen LogP contribution in [0.3, 0.4) is 0 Å². The molecule has 0 radical (unpaired) electrons. The Labute approximate surface area is 149 Å². The highest BCUT2D eigenvalue weighted by Crippen LogP contribution is 2.35. The number of rotatable bonds is 6. The minimum Gasteiger partial charge on any atom is -0.480 e. The van der Waals surface area contributed by atoms with E-state index in [0.717, 1.165) is 11.1 Å². The normalized spacial score (nSPS) is 17.0. The fourth-order valence-electron chi connectivity index (χ4n) is 1.45. The Balaban J connectivity index is 2.89. The maximum atomic E-state index is 10.9. The molecule has 0 heterocycles. The van der Waals surface area contributed by atoms with Crippen LogP contribution in [0.5, 0.6) is 0 Å². The highest BCUT2D eigenvalue weighted by molar-refractivity contribution is 9.12. The number of aliphatic carboxylic acids is 2. The Morgan fingerprint density at radius 3 is 1.20 bits per heavy atom. The van der Waals surface area contributed by atoms with Gasteiger partial charge >= 0.3 is 11.9 Å². The predicted octanol–water partition coefficient (Wildman–Crippen LogP) is 4.25. The summed E-state index contributed by atoms with van der Waals surface area (Å²) in [6.45, 7) is 0. The Kier molecular flexibility index (Phi) is 7.17. The summed E-state index contributed by atoms with van der Waals surface area (Å²) < 4.78 is 0. The first-order valence-electron chi connectivity index (χ1n) is 5.37. The largest absolute Gasteiger partial charge is 0.480 e. The van der Waals surface area contributed by atoms with Crippen molar-refractivity contribution in [3.8, 4) is 0 Å². The lowest BCUT2D eigenvalue weighted by molar-refractivity contribution is -0.137. The lowest BCUT2D eigenvalue weighted by Gasteiger charge is -2.16. The van der Waals surface area contributed by atoms with E-state index in [2.05, 4.69) is 63.7 Å². The van der Waals surface area contributed by atoms with Crippen LogP contribution in [0.2, 0.25) is 0 Å². The number of benzene rings is 1. The first-order valence-corrected chi connectivity index (χ1v) is 9.03. The van der Waals surface area contributed by atoms with Crippen molar-refractivity contribution in [1.29, 1.82) is 0 Å². The van der Waals surface area contributed by atoms with Gasteiger partial charge in [0.1, 0.15) is 9.65 Å². The number of carboxylic acid groups (broad SMARTS) is 2. The van der Waals surface area contributed by atoms with Crippen molar-refractivity contribution in [2.75, 3.05) is 0 Å². The van der Waals surface area contributed by atoms with Crippen molar-refractivity contribution in [3.63, 3.8) is 0 Å². The molecule has 0 aliphatic rings. The summed E-state index contributed by atoms with van der Waals surface area (Å²) in [7, 11) is 0. The van der Waals surface area contributed by atoms with Crippen LogP contribution in [0, 0.1) is 0 Å². The maximum absolute atomic E-state index is 10.9. The van der Waals surface area contributed by atoms with Gasteiger partial charge in [0.15, 0.2) is 0 Å². The third kappa shape index (κ3) is 4.54. The number of halogens is 4. The van der Waals surface area contributed by atoms with Crippen molar-refractivity contribution in [3.05, 3.63) is 35.4 Å². The van der Waals surface area contributed by atoms with Crippen molar-refractivity contribution < 1.29 is 19.8 Å². The second kappa shape index (κ2) is 7.91. The molecular formula is C12H10Br4O4. The minimum atomic E-state index is -0.958. The molecule has 0 aromatic heterocycles. The molecule has 0 aliphatic carbocycles. The fourth-order valence-corrected chi connectivity index (χ4v) is 3.13. The maximum Gasteiger partial charge on any atom is 0.318 e. The molecule has 0 fully saturated rings. The van der Waals surface area contributed by atoms with Crippen LogP contribution in [-0.4, -0.2) is 31.8 Å². The van der Waals surface area contributed by atoms with E-state index in [1.807, 2.05) is 0 Å². The van der Waals surface area contributed by atoms with Crippen LogP contribution in [0.15, 0.2) is 24.3 Å². The minimum absolute atomic E-state index is 0.373. The van der Waals surface area contributed by atoms with Crippen LogP contribution in [0.4, 0.5) is 0 Å². The SMILES string of the molecule is O=C(O)[C@@H](Br)[C@@H](Br)c1ccc([C@H](Br)[C@H](Br)C(=O)O)cc1. The van der Waals surface area contributed by atoms with Gasteiger partial charge in [-0.2, -0.15) is 0 Å². The second-order valence-electron chi connectivity index (χ2n) is 3.95. The Hall–Kier alpha value is 0.0800. The van der Waals surface area contributed by atoms with Gasteiger partial charge in [-0.05, 0) is 11.1 Å². The fraction of sp³-hybridized carbons (Fsp3) is 0.333. The van der Waals surface area contributed by atoms with E-state index in [0.29, 0.717) is 0 Å². The van der Waals surface area contributed by atoms with Crippen LogP contribution >= 0.6 is 63.7 Å². The summed E-state index contributed by atoms with van der Waals surface area (Å²) in [4.78, 5) is 19.6. The zero-order chi connectivity index (χ0) is 15.4. The molecule has 4 atom stereocenters. The van der Waals surface area contributed by atoms with E-state index >= 15 is 0 Å². The predicted molar refractivity (Wildman–Crippen MR) is 90.5 cm³/mol. The molecule has 0 aliphatic heterocycles. The molecule has 0 amide bonds. The first kappa shape index (κ1) is 18.1. The smallest absolute Gasteiger partial charge is 0.318 e. The van der Waals surface area contributed by atoms with E-state index in [1.165, 1.54) is 0 Å². The number of hydrogen-bond donors (Lipinski definition) is 2. The van der Waals surface area contributed by atoms with E-state index in [9.17, 15) is 9.59 Å². The molecule has 0 saturated heterocycles. The summed E-state index contributed by atoms with van der Waals surface area (Å²) in [6, 6.07) is 7.06. The molecule has 20 heavy (non-hydrogen) atoms. The summed E-state index contributed by atoms with van der Waals surface area (Å²) in [6.07, 6.45) is 0. The molecule has 2 N–H and O–H groups in total. The van der Waals surface area contributed by atoms with Gasteiger partial charge in [-0.1, -0.05) is 88.0 Å². The first-order chi connectivity index (χ1) is 9.25. The van der Waals surface area contributed by atoms with Crippen LogP contribution < -0.4 is 0 Å². The lowest BCUT2D eigenvalue weighted by atomic mass is 10.0. The van der Waals surface area contributed by atoms with Gasteiger partial charge in [-0.25, -0.2) is 0 Å². The monoisotopic (exact) mass is 534 g/mol. The molecule has 0 spiro atoms. The van der Waals surface area contributed by atoms with Gasteiger partial charge in [-0.15, -0.1) is 0 Å². The number of carbonyl (C=O) groups is 2. The van der Waals surface area contributed by atoms with Gasteiger partial charge in [0, 0.05) is 0 Å². The highest BCUT2D eigenvalue weighted by atomic mass is 79.9. The van der Waals surface area contributed by atoms with Gasteiger partial charge in [0.25, 0.3) is 0 Å². The summed E-state index contributed by atoms with van der Waals surface area (Å²) in [5, 5.41) is 17.9. The molecule has 0 saturated carbocycles. The third-order valence-electron chi connectivity index (χ3n) is 2.56. The second-order valence-corrected chi connectivity index (χ2v) is 7.90. The molecule has 8 heteroatoms. The average Bonchev–Trinajstić information content (AvgIpc) is 2.44. The van der Waals surface area contributed by atoms with Crippen molar-refractivity contribution in [2.45, 2.75) is 19.3 Å². The molecule has 0 bridgehead atoms. The van der Waals surface area contributed by atoms with Crippen LogP contribution in [-0.2, 0) is 9.59 Å². The lowest BCUT2D eigenvalue weighted by Crippen LogP contribution is -2.19. The van der Waals surface area contributed by atoms with Crippen molar-refractivity contribution >= 4 is 75.7 Å². The molecule has 110 valence electrons. The van der Waals surface area contributed by atoms with Crippen LogP contribution in [0.25, 0.3) is 0 Å². The number of carboxylic acids is 2. The van der Waals surface area contributed by atoms with Crippen molar-refractivity contribution in [2.24, 2.45) is 0 Å². The Morgan fingerprint density at radius 2 is 1.00 bits per heavy atom.